The summed E-state index contributed by atoms with van der Waals surface area (Å²) in [6.07, 6.45) is 1.09. The second kappa shape index (κ2) is 8.18. The van der Waals surface area contributed by atoms with E-state index < -0.39 is 47.6 Å². The number of nitrogens with zero attached hydrogens (tertiary/aromatic N) is 3. The molecule has 2 saturated heterocycles. The topological polar surface area (TPSA) is 62.3 Å². The van der Waals surface area contributed by atoms with Gasteiger partial charge in [-0.1, -0.05) is 12.7 Å². The average Bonchev–Trinajstić information content (AvgIpc) is 3.03. The number of hydrogen-bond acceptors (Lipinski definition) is 6. The first-order valence-electron chi connectivity index (χ1n) is 9.83. The maximum absolute atomic E-state index is 14.9. The Morgan fingerprint density at radius 3 is 2.41 bits per heavy atom. The quantitative estimate of drug-likeness (QED) is 0.489. The first-order valence-corrected chi connectivity index (χ1v) is 9.83. The molecule has 2 aliphatic heterocycles. The van der Waals surface area contributed by atoms with E-state index in [0.29, 0.717) is 6.42 Å². The van der Waals surface area contributed by atoms with Crippen LogP contribution in [0.2, 0.25) is 0 Å². The largest absolute Gasteiger partial charge is 0.461 e. The van der Waals surface area contributed by atoms with Crippen molar-refractivity contribution in [3.63, 3.8) is 0 Å². The van der Waals surface area contributed by atoms with Crippen molar-refractivity contribution in [1.82, 2.24) is 14.9 Å². The third-order valence-electron chi connectivity index (χ3n) is 5.27. The molecule has 0 bridgehead atoms. The maximum atomic E-state index is 14.9. The zero-order chi connectivity index (χ0) is 22.2. The van der Waals surface area contributed by atoms with Crippen molar-refractivity contribution >= 4 is 12.1 Å². The fraction of sp³-hybridized carbons (Fsp3) is 0.800. The van der Waals surface area contributed by atoms with Crippen LogP contribution < -0.4 is 0 Å². The minimum Gasteiger partial charge on any atom is -0.461 e. The van der Waals surface area contributed by atoms with E-state index in [1.807, 2.05) is 0 Å². The molecule has 166 valence electrons. The molecule has 0 saturated carbocycles. The van der Waals surface area contributed by atoms with Gasteiger partial charge in [-0.15, -0.1) is 0 Å². The summed E-state index contributed by atoms with van der Waals surface area (Å²) in [6.45, 7) is 12.0. The Kier molecular flexibility index (Phi) is 6.64. The summed E-state index contributed by atoms with van der Waals surface area (Å²) in [5.41, 5.74) is -1.59. The maximum Gasteiger partial charge on any atom is 0.410 e. The highest BCUT2D eigenvalue weighted by atomic mass is 19.3. The van der Waals surface area contributed by atoms with E-state index in [0.717, 1.165) is 4.90 Å². The second-order valence-electron chi connectivity index (χ2n) is 9.41. The SMILES string of the molecule is C=CCOC(=O)C(C)(C)CCN1[C@@H]2[C@H](CN1C)N(C(=O)OC(C)(C)C)CC2(F)F. The van der Waals surface area contributed by atoms with Crippen molar-refractivity contribution in [2.45, 2.75) is 64.6 Å². The molecule has 0 aromatic heterocycles. The van der Waals surface area contributed by atoms with Gasteiger partial charge >= 0.3 is 12.1 Å². The Morgan fingerprint density at radius 1 is 1.24 bits per heavy atom. The molecule has 0 aromatic carbocycles. The van der Waals surface area contributed by atoms with Crippen LogP contribution in [0.25, 0.3) is 0 Å². The van der Waals surface area contributed by atoms with Crippen LogP contribution in [-0.2, 0) is 14.3 Å². The molecule has 2 heterocycles. The number of ether oxygens (including phenoxy) is 2. The van der Waals surface area contributed by atoms with Gasteiger partial charge in [0, 0.05) is 20.1 Å². The zero-order valence-electron chi connectivity index (χ0n) is 18.2. The van der Waals surface area contributed by atoms with Crippen molar-refractivity contribution in [2.24, 2.45) is 5.41 Å². The number of halogens is 2. The number of fused-ring (bicyclic) bond motifs is 1. The molecule has 2 atom stereocenters. The van der Waals surface area contributed by atoms with Crippen LogP contribution in [0, 0.1) is 5.41 Å². The third-order valence-corrected chi connectivity index (χ3v) is 5.27. The molecule has 29 heavy (non-hydrogen) atoms. The van der Waals surface area contributed by atoms with Crippen molar-refractivity contribution in [2.75, 3.05) is 33.3 Å². The Balaban J connectivity index is 2.11. The number of hydrogen-bond donors (Lipinski definition) is 0. The number of rotatable bonds is 6. The van der Waals surface area contributed by atoms with Gasteiger partial charge in [0.05, 0.1) is 18.0 Å². The minimum atomic E-state index is -3.08. The van der Waals surface area contributed by atoms with E-state index in [2.05, 4.69) is 6.58 Å². The zero-order valence-corrected chi connectivity index (χ0v) is 18.2. The average molecular weight is 417 g/mol. The van der Waals surface area contributed by atoms with E-state index in [4.69, 9.17) is 9.47 Å². The van der Waals surface area contributed by atoms with Crippen LogP contribution in [0.1, 0.15) is 41.0 Å². The highest BCUT2D eigenvalue weighted by Crippen LogP contribution is 2.42. The molecule has 0 unspecified atom stereocenters. The highest BCUT2D eigenvalue weighted by Gasteiger charge is 2.63. The molecule has 2 aliphatic rings. The van der Waals surface area contributed by atoms with E-state index in [1.165, 1.54) is 6.08 Å². The number of esters is 1. The minimum absolute atomic E-state index is 0.111. The fourth-order valence-electron chi connectivity index (χ4n) is 3.75. The molecule has 7 nitrogen and oxygen atoms in total. The van der Waals surface area contributed by atoms with Crippen LogP contribution in [0.15, 0.2) is 12.7 Å². The Bertz CT molecular complexity index is 648. The summed E-state index contributed by atoms with van der Waals surface area (Å²) in [5, 5.41) is 3.27. The predicted octanol–water partition coefficient (Wildman–Crippen LogP) is 2.92. The molecule has 0 aliphatic carbocycles. The van der Waals surface area contributed by atoms with Crippen molar-refractivity contribution < 1.29 is 27.8 Å². The normalized spacial score (nSPS) is 25.0. The van der Waals surface area contributed by atoms with Crippen molar-refractivity contribution in [1.29, 1.82) is 0 Å². The summed E-state index contributed by atoms with van der Waals surface area (Å²) < 4.78 is 40.2. The van der Waals surface area contributed by atoms with Crippen LogP contribution in [0.3, 0.4) is 0 Å². The number of likely N-dealkylation sites (tertiary alicyclic amines) is 1. The van der Waals surface area contributed by atoms with Gasteiger partial charge in [-0.25, -0.2) is 23.6 Å². The molecule has 2 fully saturated rings. The second-order valence-corrected chi connectivity index (χ2v) is 9.41. The first-order chi connectivity index (χ1) is 13.2. The van der Waals surface area contributed by atoms with Gasteiger partial charge in [0.2, 0.25) is 0 Å². The lowest BCUT2D eigenvalue weighted by Crippen LogP contribution is -2.50. The van der Waals surface area contributed by atoms with Crippen LogP contribution in [0.4, 0.5) is 13.6 Å². The Hall–Kier alpha value is -1.74. The molecule has 9 heteroatoms. The van der Waals surface area contributed by atoms with Gasteiger partial charge < -0.3 is 9.47 Å². The predicted molar refractivity (Wildman–Crippen MR) is 104 cm³/mol. The first kappa shape index (κ1) is 23.5. The van der Waals surface area contributed by atoms with E-state index in [-0.39, 0.29) is 19.7 Å². The molecule has 0 radical (unpaired) electrons. The lowest BCUT2D eigenvalue weighted by atomic mass is 9.89. The smallest absolute Gasteiger partial charge is 0.410 e. The van der Waals surface area contributed by atoms with Crippen LogP contribution in [0.5, 0.6) is 0 Å². The molecule has 2 rings (SSSR count). The summed E-state index contributed by atoms with van der Waals surface area (Å²) in [6, 6.07) is -1.83. The van der Waals surface area contributed by atoms with Gasteiger partial charge in [0.15, 0.2) is 0 Å². The summed E-state index contributed by atoms with van der Waals surface area (Å²) in [5.74, 6) is -3.48. The standard InChI is InChI=1S/C20H33F2N3O4/c1-8-11-28-16(26)19(5,6)9-10-25-15-14(12-23(25)7)24(13-20(15,21)22)17(27)29-18(2,3)4/h8,14-15H,1,9-13H2,2-7H3/t14-,15+/m0/s1. The number of alkyl halides is 2. The van der Waals surface area contributed by atoms with E-state index >= 15 is 0 Å². The lowest BCUT2D eigenvalue weighted by Gasteiger charge is -2.34. The third kappa shape index (κ3) is 5.25. The van der Waals surface area contributed by atoms with Crippen molar-refractivity contribution in [3.05, 3.63) is 12.7 Å². The molecular weight excluding hydrogens is 384 g/mol. The van der Waals surface area contributed by atoms with Crippen LogP contribution >= 0.6 is 0 Å². The van der Waals surface area contributed by atoms with E-state index in [1.54, 1.807) is 51.7 Å². The van der Waals surface area contributed by atoms with Crippen LogP contribution in [-0.4, -0.2) is 83.9 Å². The van der Waals surface area contributed by atoms with Gasteiger partial charge in [-0.05, 0) is 41.0 Å². The van der Waals surface area contributed by atoms with E-state index in [9.17, 15) is 18.4 Å². The lowest BCUT2D eigenvalue weighted by molar-refractivity contribution is -0.154. The van der Waals surface area contributed by atoms with Gasteiger partial charge in [-0.2, -0.15) is 0 Å². The number of likely N-dealkylation sites (N-methyl/N-ethyl adjacent to an activating group) is 1. The number of carbonyl (C=O) groups is 2. The molecular formula is C20H33F2N3O4. The summed E-state index contributed by atoms with van der Waals surface area (Å²) in [7, 11) is 1.71. The van der Waals surface area contributed by atoms with Crippen molar-refractivity contribution in [3.8, 4) is 0 Å². The Labute approximate surface area is 171 Å². The van der Waals surface area contributed by atoms with Gasteiger partial charge in [0.25, 0.3) is 5.92 Å². The molecule has 0 spiro atoms. The number of carbonyl (C=O) groups excluding carboxylic acids is 2. The van der Waals surface area contributed by atoms with Gasteiger partial charge in [-0.3, -0.25) is 9.69 Å². The fourth-order valence-corrected chi connectivity index (χ4v) is 3.75. The molecule has 0 aromatic rings. The number of hydrazine groups is 1. The summed E-state index contributed by atoms with van der Waals surface area (Å²) >= 11 is 0. The highest BCUT2D eigenvalue weighted by molar-refractivity contribution is 5.76. The Morgan fingerprint density at radius 2 is 1.86 bits per heavy atom. The molecule has 1 amide bonds. The monoisotopic (exact) mass is 417 g/mol. The van der Waals surface area contributed by atoms with Gasteiger partial charge in [0.1, 0.15) is 18.2 Å². The number of amides is 1. The molecule has 0 N–H and O–H groups in total. The summed E-state index contributed by atoms with van der Waals surface area (Å²) in [4.78, 5) is 25.8.